The van der Waals surface area contributed by atoms with Crippen LogP contribution in [-0.2, 0) is 0 Å². The average molecular weight is 165 g/mol. The molecule has 0 aliphatic rings. The number of aromatic nitrogens is 1. The molecule has 1 aromatic rings. The van der Waals surface area contributed by atoms with Crippen LogP contribution in [0.15, 0.2) is 18.3 Å². The van der Waals surface area contributed by atoms with E-state index in [1.165, 1.54) is 0 Å². The van der Waals surface area contributed by atoms with Gasteiger partial charge in [0.05, 0.1) is 5.69 Å². The topological polar surface area (TPSA) is 64.9 Å². The molecule has 1 heterocycles. The Morgan fingerprint density at radius 2 is 2.33 bits per heavy atom. The van der Waals surface area contributed by atoms with E-state index in [9.17, 15) is 0 Å². The molecular formula is C9H15N3. The van der Waals surface area contributed by atoms with Crippen LogP contribution in [0.2, 0.25) is 0 Å². The lowest BCUT2D eigenvalue weighted by Crippen LogP contribution is -2.17. The van der Waals surface area contributed by atoms with E-state index in [4.69, 9.17) is 11.5 Å². The van der Waals surface area contributed by atoms with Gasteiger partial charge in [0, 0.05) is 12.2 Å². The molecule has 3 nitrogen and oxygen atoms in total. The highest BCUT2D eigenvalue weighted by atomic mass is 14.8. The zero-order valence-corrected chi connectivity index (χ0v) is 7.33. The summed E-state index contributed by atoms with van der Waals surface area (Å²) in [4.78, 5) is 4.22. The van der Waals surface area contributed by atoms with Crippen LogP contribution in [0.1, 0.15) is 23.7 Å². The Hall–Kier alpha value is -0.930. The number of aryl methyl sites for hydroxylation is 1. The highest BCUT2D eigenvalue weighted by molar-refractivity contribution is 5.20. The van der Waals surface area contributed by atoms with Crippen molar-refractivity contribution in [1.29, 1.82) is 0 Å². The third kappa shape index (κ3) is 2.03. The lowest BCUT2D eigenvalue weighted by Gasteiger charge is -2.11. The van der Waals surface area contributed by atoms with Crippen molar-refractivity contribution in [2.24, 2.45) is 11.5 Å². The molecule has 0 fully saturated rings. The summed E-state index contributed by atoms with van der Waals surface area (Å²) in [5, 5.41) is 0. The minimum Gasteiger partial charge on any atom is -0.330 e. The molecule has 12 heavy (non-hydrogen) atoms. The van der Waals surface area contributed by atoms with Gasteiger partial charge < -0.3 is 11.5 Å². The van der Waals surface area contributed by atoms with Crippen molar-refractivity contribution in [2.45, 2.75) is 19.4 Å². The summed E-state index contributed by atoms with van der Waals surface area (Å²) in [6, 6.07) is 3.91. The van der Waals surface area contributed by atoms with E-state index < -0.39 is 0 Å². The van der Waals surface area contributed by atoms with Gasteiger partial charge in [0.15, 0.2) is 0 Å². The van der Waals surface area contributed by atoms with E-state index in [0.717, 1.165) is 17.7 Å². The summed E-state index contributed by atoms with van der Waals surface area (Å²) in [7, 11) is 0. The molecule has 3 heteroatoms. The van der Waals surface area contributed by atoms with Crippen molar-refractivity contribution in [1.82, 2.24) is 4.98 Å². The first-order valence-corrected chi connectivity index (χ1v) is 4.13. The molecule has 0 aliphatic carbocycles. The monoisotopic (exact) mass is 165 g/mol. The quantitative estimate of drug-likeness (QED) is 0.694. The summed E-state index contributed by atoms with van der Waals surface area (Å²) in [6.07, 6.45) is 2.55. The number of hydrogen-bond acceptors (Lipinski definition) is 3. The van der Waals surface area contributed by atoms with Crippen LogP contribution < -0.4 is 11.5 Å². The van der Waals surface area contributed by atoms with Crippen LogP contribution in [0.4, 0.5) is 0 Å². The predicted molar refractivity (Wildman–Crippen MR) is 49.6 cm³/mol. The Kier molecular flexibility index (Phi) is 3.19. The smallest absolute Gasteiger partial charge is 0.0600 e. The molecule has 0 aromatic carbocycles. The lowest BCUT2D eigenvalue weighted by atomic mass is 10.1. The second-order valence-electron chi connectivity index (χ2n) is 2.89. The fourth-order valence-corrected chi connectivity index (χ4v) is 1.20. The summed E-state index contributed by atoms with van der Waals surface area (Å²) in [6.45, 7) is 2.62. The molecule has 0 amide bonds. The number of nitrogens with zero attached hydrogens (tertiary/aromatic N) is 1. The van der Waals surface area contributed by atoms with E-state index in [-0.39, 0.29) is 6.04 Å². The standard InChI is InChI=1S/C9H15N3/c1-7-3-2-6-12-9(7)8(11)4-5-10/h2-3,6,8H,4-5,10-11H2,1H3. The SMILES string of the molecule is Cc1cccnc1C(N)CCN. The first-order chi connectivity index (χ1) is 5.75. The molecule has 1 unspecified atom stereocenters. The maximum atomic E-state index is 5.86. The van der Waals surface area contributed by atoms with Gasteiger partial charge in [0.2, 0.25) is 0 Å². The minimum atomic E-state index is -0.0174. The molecule has 0 aliphatic heterocycles. The van der Waals surface area contributed by atoms with Crippen LogP contribution in [0.3, 0.4) is 0 Å². The Bertz CT molecular complexity index is 247. The maximum Gasteiger partial charge on any atom is 0.0600 e. The van der Waals surface area contributed by atoms with Crippen molar-refractivity contribution in [3.05, 3.63) is 29.6 Å². The molecule has 1 rings (SSSR count). The molecule has 66 valence electrons. The van der Waals surface area contributed by atoms with Crippen molar-refractivity contribution >= 4 is 0 Å². The molecule has 4 N–H and O–H groups in total. The molecular weight excluding hydrogens is 150 g/mol. The summed E-state index contributed by atoms with van der Waals surface area (Å²) in [5.41, 5.74) is 13.4. The first kappa shape index (κ1) is 9.16. The molecule has 0 saturated carbocycles. The highest BCUT2D eigenvalue weighted by Gasteiger charge is 2.07. The Labute approximate surface area is 72.8 Å². The van der Waals surface area contributed by atoms with Gasteiger partial charge in [-0.1, -0.05) is 6.07 Å². The highest BCUT2D eigenvalue weighted by Crippen LogP contribution is 2.13. The van der Waals surface area contributed by atoms with E-state index in [1.54, 1.807) is 6.20 Å². The van der Waals surface area contributed by atoms with Crippen molar-refractivity contribution in [3.8, 4) is 0 Å². The molecule has 1 atom stereocenters. The fraction of sp³-hybridized carbons (Fsp3) is 0.444. The molecule has 0 radical (unpaired) electrons. The summed E-state index contributed by atoms with van der Waals surface area (Å²) >= 11 is 0. The Morgan fingerprint density at radius 1 is 1.58 bits per heavy atom. The maximum absolute atomic E-state index is 5.86. The van der Waals surface area contributed by atoms with E-state index >= 15 is 0 Å². The number of nitrogens with two attached hydrogens (primary N) is 2. The van der Waals surface area contributed by atoms with Gasteiger partial charge in [-0.2, -0.15) is 0 Å². The lowest BCUT2D eigenvalue weighted by molar-refractivity contribution is 0.638. The zero-order chi connectivity index (χ0) is 8.97. The van der Waals surface area contributed by atoms with Crippen LogP contribution in [-0.4, -0.2) is 11.5 Å². The van der Waals surface area contributed by atoms with Gasteiger partial charge in [0.25, 0.3) is 0 Å². The van der Waals surface area contributed by atoms with Crippen molar-refractivity contribution in [2.75, 3.05) is 6.54 Å². The van der Waals surface area contributed by atoms with Gasteiger partial charge in [-0.25, -0.2) is 0 Å². The molecule has 0 spiro atoms. The Balaban J connectivity index is 2.79. The van der Waals surface area contributed by atoms with Crippen LogP contribution in [0.25, 0.3) is 0 Å². The largest absolute Gasteiger partial charge is 0.330 e. The van der Waals surface area contributed by atoms with Crippen LogP contribution in [0, 0.1) is 6.92 Å². The molecule has 1 aromatic heterocycles. The summed E-state index contributed by atoms with van der Waals surface area (Å²) in [5.74, 6) is 0. The second kappa shape index (κ2) is 4.18. The minimum absolute atomic E-state index is 0.0174. The van der Waals surface area contributed by atoms with Crippen molar-refractivity contribution < 1.29 is 0 Å². The van der Waals surface area contributed by atoms with Gasteiger partial charge >= 0.3 is 0 Å². The van der Waals surface area contributed by atoms with Crippen LogP contribution >= 0.6 is 0 Å². The van der Waals surface area contributed by atoms with Gasteiger partial charge in [0.1, 0.15) is 0 Å². The van der Waals surface area contributed by atoms with E-state index in [0.29, 0.717) is 6.54 Å². The van der Waals surface area contributed by atoms with Gasteiger partial charge in [-0.3, -0.25) is 4.98 Å². The fourth-order valence-electron chi connectivity index (χ4n) is 1.20. The third-order valence-electron chi connectivity index (χ3n) is 1.88. The average Bonchev–Trinajstić information content (AvgIpc) is 2.05. The number of pyridine rings is 1. The van der Waals surface area contributed by atoms with E-state index in [1.807, 2.05) is 19.1 Å². The molecule has 0 saturated heterocycles. The zero-order valence-electron chi connectivity index (χ0n) is 7.33. The summed E-state index contributed by atoms with van der Waals surface area (Å²) < 4.78 is 0. The van der Waals surface area contributed by atoms with Gasteiger partial charge in [-0.15, -0.1) is 0 Å². The third-order valence-corrected chi connectivity index (χ3v) is 1.88. The van der Waals surface area contributed by atoms with Crippen LogP contribution in [0.5, 0.6) is 0 Å². The predicted octanol–water partition coefficient (Wildman–Crippen LogP) is 0.739. The normalized spacial score (nSPS) is 12.9. The number of rotatable bonds is 3. The number of hydrogen-bond donors (Lipinski definition) is 2. The second-order valence-corrected chi connectivity index (χ2v) is 2.89. The van der Waals surface area contributed by atoms with Gasteiger partial charge in [-0.05, 0) is 31.5 Å². The first-order valence-electron chi connectivity index (χ1n) is 4.13. The van der Waals surface area contributed by atoms with E-state index in [2.05, 4.69) is 4.98 Å². The molecule has 0 bridgehead atoms. The Morgan fingerprint density at radius 3 is 2.92 bits per heavy atom. The van der Waals surface area contributed by atoms with Crippen molar-refractivity contribution in [3.63, 3.8) is 0 Å².